The van der Waals surface area contributed by atoms with E-state index >= 15 is 0 Å². The molecule has 0 saturated carbocycles. The molecule has 0 aliphatic carbocycles. The van der Waals surface area contributed by atoms with Gasteiger partial charge in [-0.05, 0) is 28.1 Å². The summed E-state index contributed by atoms with van der Waals surface area (Å²) in [4.78, 5) is 1.30. The van der Waals surface area contributed by atoms with Crippen LogP contribution < -0.4 is 5.32 Å². The highest BCUT2D eigenvalue weighted by molar-refractivity contribution is 9.11. The molecule has 0 aromatic carbocycles. The van der Waals surface area contributed by atoms with E-state index in [1.165, 1.54) is 4.88 Å². The fourth-order valence-electron chi connectivity index (χ4n) is 0.874. The summed E-state index contributed by atoms with van der Waals surface area (Å²) in [7, 11) is -0.687. The molecule has 0 amide bonds. The fourth-order valence-corrected chi connectivity index (χ4v) is 2.76. The lowest BCUT2D eigenvalue weighted by Gasteiger charge is -1.99. The Hall–Kier alpha value is 0.290. The van der Waals surface area contributed by atoms with Gasteiger partial charge in [0.05, 0.1) is 3.79 Å². The van der Waals surface area contributed by atoms with E-state index in [0.717, 1.165) is 22.6 Å². The normalized spacial score (nSPS) is 13.1. The quantitative estimate of drug-likeness (QED) is 0.837. The van der Waals surface area contributed by atoms with Crippen molar-refractivity contribution in [2.45, 2.75) is 6.54 Å². The Kier molecular flexibility index (Phi) is 5.16. The smallest absolute Gasteiger partial charge is 0.0701 e. The van der Waals surface area contributed by atoms with Crippen LogP contribution in [0, 0.1) is 0 Å². The summed E-state index contributed by atoms with van der Waals surface area (Å²) in [5.41, 5.74) is 0. The maximum atomic E-state index is 10.7. The van der Waals surface area contributed by atoms with E-state index in [2.05, 4.69) is 27.3 Å². The number of thiophene rings is 1. The van der Waals surface area contributed by atoms with Gasteiger partial charge in [0.15, 0.2) is 0 Å². The first-order valence-electron chi connectivity index (χ1n) is 3.93. The molecule has 0 fully saturated rings. The maximum absolute atomic E-state index is 10.7. The largest absolute Gasteiger partial charge is 0.311 e. The summed E-state index contributed by atoms with van der Waals surface area (Å²) in [6.07, 6.45) is 1.73. The summed E-state index contributed by atoms with van der Waals surface area (Å²) < 4.78 is 11.9. The highest BCUT2D eigenvalue weighted by atomic mass is 79.9. The van der Waals surface area contributed by atoms with E-state index in [1.807, 2.05) is 6.07 Å². The third-order valence-electron chi connectivity index (χ3n) is 1.49. The lowest BCUT2D eigenvalue weighted by Crippen LogP contribution is -2.18. The number of halogens is 1. The summed E-state index contributed by atoms with van der Waals surface area (Å²) >= 11 is 5.13. The van der Waals surface area contributed by atoms with E-state index in [0.29, 0.717) is 0 Å². The maximum Gasteiger partial charge on any atom is 0.0701 e. The van der Waals surface area contributed by atoms with Crippen LogP contribution in [0.15, 0.2) is 15.9 Å². The monoisotopic (exact) mass is 281 g/mol. The van der Waals surface area contributed by atoms with Gasteiger partial charge < -0.3 is 5.32 Å². The molecule has 74 valence electrons. The standard InChI is InChI=1S/C8H12BrNOS2/c1-13(11)5-4-10-6-7-2-3-8(9)12-7/h2-3,10H,4-6H2,1H3. The lowest BCUT2D eigenvalue weighted by atomic mass is 10.4. The Labute approximate surface area is 93.3 Å². The average molecular weight is 282 g/mol. The van der Waals surface area contributed by atoms with Crippen LogP contribution in [0.2, 0.25) is 0 Å². The van der Waals surface area contributed by atoms with Crippen molar-refractivity contribution in [3.05, 3.63) is 20.8 Å². The second-order valence-corrected chi connectivity index (χ2v) is 6.76. The Bertz CT molecular complexity index is 287. The third-order valence-corrected chi connectivity index (χ3v) is 3.90. The number of rotatable bonds is 5. The Morgan fingerprint density at radius 3 is 2.92 bits per heavy atom. The summed E-state index contributed by atoms with van der Waals surface area (Å²) in [5.74, 6) is 0.729. The first-order valence-corrected chi connectivity index (χ1v) is 7.27. The first-order chi connectivity index (χ1) is 6.18. The van der Waals surface area contributed by atoms with Gasteiger partial charge in [0, 0.05) is 40.8 Å². The Balaban J connectivity index is 2.16. The highest BCUT2D eigenvalue weighted by Gasteiger charge is 1.96. The number of hydrogen-bond donors (Lipinski definition) is 1. The predicted molar refractivity (Wildman–Crippen MR) is 62.7 cm³/mol. The van der Waals surface area contributed by atoms with E-state index in [9.17, 15) is 4.21 Å². The minimum atomic E-state index is -0.687. The van der Waals surface area contributed by atoms with Crippen molar-refractivity contribution in [2.24, 2.45) is 0 Å². The van der Waals surface area contributed by atoms with Crippen LogP contribution >= 0.6 is 27.3 Å². The van der Waals surface area contributed by atoms with Gasteiger partial charge >= 0.3 is 0 Å². The molecule has 1 unspecified atom stereocenters. The van der Waals surface area contributed by atoms with E-state index < -0.39 is 10.8 Å². The van der Waals surface area contributed by atoms with Crippen molar-refractivity contribution >= 4 is 38.1 Å². The molecule has 0 radical (unpaired) electrons. The van der Waals surface area contributed by atoms with Gasteiger partial charge in [0.2, 0.25) is 0 Å². The van der Waals surface area contributed by atoms with Gasteiger partial charge in [0.25, 0.3) is 0 Å². The summed E-state index contributed by atoms with van der Waals surface area (Å²) in [5, 5.41) is 3.24. The molecule has 1 N–H and O–H groups in total. The zero-order valence-electron chi connectivity index (χ0n) is 7.38. The number of hydrogen-bond acceptors (Lipinski definition) is 3. The van der Waals surface area contributed by atoms with Crippen LogP contribution in [0.1, 0.15) is 4.88 Å². The molecule has 0 bridgehead atoms. The molecule has 0 aliphatic rings. The second kappa shape index (κ2) is 5.90. The van der Waals surface area contributed by atoms with Crippen LogP contribution in [-0.2, 0) is 17.3 Å². The Morgan fingerprint density at radius 1 is 1.62 bits per heavy atom. The first kappa shape index (κ1) is 11.4. The lowest BCUT2D eigenvalue weighted by molar-refractivity contribution is 0.678. The third kappa shape index (κ3) is 4.90. The molecule has 1 heterocycles. The Morgan fingerprint density at radius 2 is 2.38 bits per heavy atom. The van der Waals surface area contributed by atoms with Crippen molar-refractivity contribution in [2.75, 3.05) is 18.6 Å². The summed E-state index contributed by atoms with van der Waals surface area (Å²) in [6.45, 7) is 1.69. The van der Waals surface area contributed by atoms with Crippen molar-refractivity contribution in [3.63, 3.8) is 0 Å². The van der Waals surface area contributed by atoms with E-state index in [-0.39, 0.29) is 0 Å². The molecule has 1 rings (SSSR count). The van der Waals surface area contributed by atoms with Gasteiger partial charge in [-0.1, -0.05) is 0 Å². The highest BCUT2D eigenvalue weighted by Crippen LogP contribution is 2.21. The van der Waals surface area contributed by atoms with Crippen molar-refractivity contribution in [1.82, 2.24) is 5.32 Å². The molecule has 0 saturated heterocycles. The van der Waals surface area contributed by atoms with Gasteiger partial charge in [-0.3, -0.25) is 4.21 Å². The van der Waals surface area contributed by atoms with Crippen LogP contribution in [0.4, 0.5) is 0 Å². The predicted octanol–water partition coefficient (Wildman–Crippen LogP) is 1.98. The molecule has 1 atom stereocenters. The van der Waals surface area contributed by atoms with Crippen LogP contribution in [0.25, 0.3) is 0 Å². The molecule has 0 aliphatic heterocycles. The van der Waals surface area contributed by atoms with Gasteiger partial charge in [0.1, 0.15) is 0 Å². The van der Waals surface area contributed by atoms with Gasteiger partial charge in [-0.25, -0.2) is 0 Å². The van der Waals surface area contributed by atoms with E-state index in [4.69, 9.17) is 0 Å². The molecule has 5 heteroatoms. The number of nitrogens with one attached hydrogen (secondary N) is 1. The molecule has 0 spiro atoms. The molecular formula is C8H12BrNOS2. The van der Waals surface area contributed by atoms with Gasteiger partial charge in [-0.2, -0.15) is 0 Å². The molecule has 2 nitrogen and oxygen atoms in total. The molecule has 1 aromatic heterocycles. The van der Waals surface area contributed by atoms with Crippen molar-refractivity contribution in [3.8, 4) is 0 Å². The minimum Gasteiger partial charge on any atom is -0.311 e. The molecule has 1 aromatic rings. The fraction of sp³-hybridized carbons (Fsp3) is 0.500. The van der Waals surface area contributed by atoms with Crippen molar-refractivity contribution in [1.29, 1.82) is 0 Å². The van der Waals surface area contributed by atoms with Crippen LogP contribution in [0.3, 0.4) is 0 Å². The van der Waals surface area contributed by atoms with E-state index in [1.54, 1.807) is 17.6 Å². The SMILES string of the molecule is CS(=O)CCNCc1ccc(Br)s1. The van der Waals surface area contributed by atoms with Crippen LogP contribution in [-0.4, -0.2) is 22.8 Å². The average Bonchev–Trinajstić information content (AvgIpc) is 2.45. The van der Waals surface area contributed by atoms with Crippen LogP contribution in [0.5, 0.6) is 0 Å². The minimum absolute atomic E-state index is 0.687. The zero-order valence-corrected chi connectivity index (χ0v) is 10.6. The topological polar surface area (TPSA) is 29.1 Å². The van der Waals surface area contributed by atoms with Gasteiger partial charge in [-0.15, -0.1) is 11.3 Å². The zero-order chi connectivity index (χ0) is 9.68. The molecular weight excluding hydrogens is 270 g/mol. The second-order valence-electron chi connectivity index (χ2n) is 2.66. The summed E-state index contributed by atoms with van der Waals surface area (Å²) in [6, 6.07) is 4.13. The van der Waals surface area contributed by atoms with Crippen molar-refractivity contribution < 1.29 is 4.21 Å². The molecule has 13 heavy (non-hydrogen) atoms.